The highest BCUT2D eigenvalue weighted by Gasteiger charge is 2.50. The lowest BCUT2D eigenvalue weighted by atomic mass is 9.90. The van der Waals surface area contributed by atoms with Gasteiger partial charge in [-0.2, -0.15) is 0 Å². The van der Waals surface area contributed by atoms with Gasteiger partial charge in [0.15, 0.2) is 5.78 Å². The van der Waals surface area contributed by atoms with Gasteiger partial charge in [-0.3, -0.25) is 19.2 Å². The van der Waals surface area contributed by atoms with Crippen LogP contribution >= 0.6 is 0 Å². The summed E-state index contributed by atoms with van der Waals surface area (Å²) in [5, 5.41) is 8.33. The van der Waals surface area contributed by atoms with Crippen LogP contribution in [0.5, 0.6) is 5.75 Å². The van der Waals surface area contributed by atoms with Gasteiger partial charge in [-0.15, -0.1) is 0 Å². The van der Waals surface area contributed by atoms with Crippen molar-refractivity contribution in [2.45, 2.75) is 82.5 Å². The molecule has 1 saturated carbocycles. The molecule has 2 aliphatic rings. The van der Waals surface area contributed by atoms with Gasteiger partial charge in [0.05, 0.1) is 26.4 Å². The predicted octanol–water partition coefficient (Wildman–Crippen LogP) is 1.69. The number of carbonyl (C=O) groups excluding carboxylic acids is 4. The fourth-order valence-corrected chi connectivity index (χ4v) is 4.78. The van der Waals surface area contributed by atoms with Crippen LogP contribution in [0.1, 0.15) is 57.9 Å². The first-order valence-electron chi connectivity index (χ1n) is 13.4. The van der Waals surface area contributed by atoms with Gasteiger partial charge in [-0.25, -0.2) is 0 Å². The van der Waals surface area contributed by atoms with Gasteiger partial charge in [0.2, 0.25) is 17.7 Å². The number of nitrogens with one attached hydrogen (secondary N) is 3. The maximum Gasteiger partial charge on any atom is 0.243 e. The summed E-state index contributed by atoms with van der Waals surface area (Å²) < 4.78 is 15.5. The molecule has 10 nitrogen and oxygen atoms in total. The van der Waals surface area contributed by atoms with Crippen LogP contribution in [0.15, 0.2) is 24.3 Å². The molecule has 1 aliphatic carbocycles. The first-order chi connectivity index (χ1) is 18.1. The molecule has 2 fully saturated rings. The van der Waals surface area contributed by atoms with E-state index in [1.165, 1.54) is 7.11 Å². The molecule has 1 aliphatic heterocycles. The Balaban J connectivity index is 1.74. The summed E-state index contributed by atoms with van der Waals surface area (Å²) in [5.41, 5.74) is -0.0640. The quantitative estimate of drug-likeness (QED) is 0.293. The largest absolute Gasteiger partial charge is 0.497 e. The molecule has 3 amide bonds. The predicted molar refractivity (Wildman–Crippen MR) is 141 cm³/mol. The fourth-order valence-electron chi connectivity index (χ4n) is 4.78. The third-order valence-electron chi connectivity index (χ3n) is 7.31. The lowest BCUT2D eigenvalue weighted by Crippen LogP contribution is -2.57. The van der Waals surface area contributed by atoms with Crippen LogP contribution in [0.25, 0.3) is 0 Å². The van der Waals surface area contributed by atoms with Crippen LogP contribution in [-0.4, -0.2) is 74.7 Å². The summed E-state index contributed by atoms with van der Waals surface area (Å²) in [6.07, 6.45) is 5.18. The Morgan fingerprint density at radius 3 is 2.21 bits per heavy atom. The van der Waals surface area contributed by atoms with Crippen molar-refractivity contribution in [2.75, 3.05) is 27.4 Å². The van der Waals surface area contributed by atoms with Gasteiger partial charge in [-0.1, -0.05) is 37.8 Å². The minimum Gasteiger partial charge on any atom is -0.497 e. The molecule has 0 aromatic heterocycles. The molecule has 4 unspecified atom stereocenters. The number of rotatable bonds is 15. The maximum atomic E-state index is 13.6. The second kappa shape index (κ2) is 13.7. The number of ether oxygens (including phenoxy) is 3. The van der Waals surface area contributed by atoms with Crippen LogP contribution in [-0.2, 0) is 35.1 Å². The highest BCUT2D eigenvalue weighted by atomic mass is 16.6. The molecule has 1 aromatic carbocycles. The minimum absolute atomic E-state index is 0.121. The number of benzene rings is 1. The van der Waals surface area contributed by atoms with Crippen molar-refractivity contribution < 1.29 is 33.4 Å². The number of epoxide rings is 1. The Labute approximate surface area is 224 Å². The van der Waals surface area contributed by atoms with Crippen LogP contribution in [0.3, 0.4) is 0 Å². The van der Waals surface area contributed by atoms with E-state index in [2.05, 4.69) is 16.0 Å². The summed E-state index contributed by atoms with van der Waals surface area (Å²) in [6.45, 7) is 3.88. The van der Waals surface area contributed by atoms with Gasteiger partial charge < -0.3 is 30.2 Å². The molecule has 38 heavy (non-hydrogen) atoms. The average Bonchev–Trinajstić information content (AvgIpc) is 3.45. The molecule has 0 spiro atoms. The van der Waals surface area contributed by atoms with Gasteiger partial charge in [0.25, 0.3) is 0 Å². The Morgan fingerprint density at radius 1 is 1.00 bits per heavy atom. The second-order valence-corrected chi connectivity index (χ2v) is 10.5. The van der Waals surface area contributed by atoms with E-state index >= 15 is 0 Å². The number of hydrogen-bond acceptors (Lipinski definition) is 7. The SMILES string of the molecule is COCCC(=O)NC(C)C(=O)NC(Cc1ccc(OC)cc1)C(=O)NC(CC1CCCC1)C(=O)C1(C)CO1. The zero-order valence-electron chi connectivity index (χ0n) is 22.8. The van der Waals surface area contributed by atoms with E-state index < -0.39 is 35.5 Å². The number of methoxy groups -OCH3 is 2. The highest BCUT2D eigenvalue weighted by molar-refractivity contribution is 5.98. The molecule has 3 N–H and O–H groups in total. The van der Waals surface area contributed by atoms with Crippen LogP contribution < -0.4 is 20.7 Å². The van der Waals surface area contributed by atoms with Crippen LogP contribution in [0.2, 0.25) is 0 Å². The van der Waals surface area contributed by atoms with Crippen molar-refractivity contribution in [3.05, 3.63) is 29.8 Å². The molecule has 0 radical (unpaired) electrons. The first kappa shape index (κ1) is 29.6. The normalized spacial score (nSPS) is 21.2. The number of carbonyl (C=O) groups is 4. The Kier molecular flexibility index (Phi) is 10.7. The van der Waals surface area contributed by atoms with Crippen LogP contribution in [0.4, 0.5) is 0 Å². The van der Waals surface area contributed by atoms with E-state index in [4.69, 9.17) is 14.2 Å². The van der Waals surface area contributed by atoms with Crippen molar-refractivity contribution in [1.82, 2.24) is 16.0 Å². The summed E-state index contributed by atoms with van der Waals surface area (Å²) in [4.78, 5) is 51.9. The third kappa shape index (κ3) is 8.52. The molecular weight excluding hydrogens is 490 g/mol. The second-order valence-electron chi connectivity index (χ2n) is 10.5. The molecule has 1 heterocycles. The van der Waals surface area contributed by atoms with Gasteiger partial charge in [-0.05, 0) is 43.9 Å². The maximum absolute atomic E-state index is 13.6. The van der Waals surface area contributed by atoms with Gasteiger partial charge in [0.1, 0.15) is 23.4 Å². The van der Waals surface area contributed by atoms with Crippen molar-refractivity contribution in [1.29, 1.82) is 0 Å². The van der Waals surface area contributed by atoms with E-state index in [1.807, 2.05) is 12.1 Å². The van der Waals surface area contributed by atoms with Crippen molar-refractivity contribution in [3.63, 3.8) is 0 Å². The number of amides is 3. The van der Waals surface area contributed by atoms with Crippen molar-refractivity contribution >= 4 is 23.5 Å². The monoisotopic (exact) mass is 531 g/mol. The van der Waals surface area contributed by atoms with Crippen LogP contribution in [0, 0.1) is 5.92 Å². The minimum atomic E-state index is -0.957. The Hall–Kier alpha value is -2.98. The lowest BCUT2D eigenvalue weighted by Gasteiger charge is -2.26. The third-order valence-corrected chi connectivity index (χ3v) is 7.31. The molecule has 0 bridgehead atoms. The standard InChI is InChI=1S/C28H41N3O7/c1-18(29-24(32)13-14-36-3)26(34)31-23(16-20-9-11-21(37-4)12-10-20)27(35)30-22(15-19-7-5-6-8-19)25(33)28(2)17-38-28/h9-12,18-19,22-23H,5-8,13-17H2,1-4H3,(H,29,32)(H,30,35)(H,31,34). The van der Waals surface area contributed by atoms with Gasteiger partial charge >= 0.3 is 0 Å². The Bertz CT molecular complexity index is 971. The topological polar surface area (TPSA) is 135 Å². The van der Waals surface area contributed by atoms with E-state index in [-0.39, 0.29) is 31.1 Å². The molecule has 210 valence electrons. The van der Waals surface area contributed by atoms with Crippen molar-refractivity contribution in [3.8, 4) is 5.75 Å². The van der Waals surface area contributed by atoms with E-state index in [0.717, 1.165) is 31.2 Å². The number of ketones is 1. The molecule has 4 atom stereocenters. The smallest absolute Gasteiger partial charge is 0.243 e. The van der Waals surface area contributed by atoms with E-state index in [9.17, 15) is 19.2 Å². The van der Waals surface area contributed by atoms with Crippen molar-refractivity contribution in [2.24, 2.45) is 5.92 Å². The Morgan fingerprint density at radius 2 is 1.63 bits per heavy atom. The first-order valence-corrected chi connectivity index (χ1v) is 13.4. The summed E-state index contributed by atoms with van der Waals surface area (Å²) >= 11 is 0. The van der Waals surface area contributed by atoms with E-state index in [1.54, 1.807) is 33.1 Å². The number of hydrogen-bond donors (Lipinski definition) is 3. The molecule has 10 heteroatoms. The molecule has 1 aromatic rings. The van der Waals surface area contributed by atoms with Gasteiger partial charge in [0, 0.05) is 20.0 Å². The number of Topliss-reactive ketones (excluding diaryl/α,β-unsaturated/α-hetero) is 1. The molecule has 3 rings (SSSR count). The molecule has 1 saturated heterocycles. The fraction of sp³-hybridized carbons (Fsp3) is 0.643. The average molecular weight is 532 g/mol. The summed E-state index contributed by atoms with van der Waals surface area (Å²) in [7, 11) is 3.06. The summed E-state index contributed by atoms with van der Waals surface area (Å²) in [5.74, 6) is -0.375. The van der Waals surface area contributed by atoms with E-state index in [0.29, 0.717) is 24.7 Å². The summed E-state index contributed by atoms with van der Waals surface area (Å²) in [6, 6.07) is 4.69. The zero-order chi connectivity index (χ0) is 27.7. The highest BCUT2D eigenvalue weighted by Crippen LogP contribution is 2.33. The molecular formula is C28H41N3O7. The lowest BCUT2D eigenvalue weighted by molar-refractivity contribution is -0.134. The zero-order valence-corrected chi connectivity index (χ0v) is 22.8.